The van der Waals surface area contributed by atoms with Gasteiger partial charge in [0.05, 0.1) is 11.5 Å². The summed E-state index contributed by atoms with van der Waals surface area (Å²) in [6.07, 6.45) is 4.14. The van der Waals surface area contributed by atoms with E-state index in [4.69, 9.17) is 5.73 Å². The van der Waals surface area contributed by atoms with Crippen molar-refractivity contribution < 1.29 is 9.59 Å². The van der Waals surface area contributed by atoms with Crippen molar-refractivity contribution in [3.05, 3.63) is 0 Å². The summed E-state index contributed by atoms with van der Waals surface area (Å²) in [7, 11) is 0. The largest absolute Gasteiger partial charge is 0.351 e. The lowest BCUT2D eigenvalue weighted by Gasteiger charge is -2.30. The standard InChI is InChI=1S/C14H25N3O2/c1-3-14(4-2,9-15)13(19)16-10-7-12(18)17(8-10)11-5-6-11/h10-11H,3-9,15H2,1-2H3,(H,16,19). The third-order valence-electron chi connectivity index (χ3n) is 4.71. The van der Waals surface area contributed by atoms with Gasteiger partial charge >= 0.3 is 0 Å². The van der Waals surface area contributed by atoms with Crippen molar-refractivity contribution in [3.63, 3.8) is 0 Å². The van der Waals surface area contributed by atoms with Gasteiger partial charge in [-0.25, -0.2) is 0 Å². The van der Waals surface area contributed by atoms with Gasteiger partial charge in [0.15, 0.2) is 0 Å². The summed E-state index contributed by atoms with van der Waals surface area (Å²) < 4.78 is 0. The van der Waals surface area contributed by atoms with Crippen LogP contribution in [-0.4, -0.2) is 41.9 Å². The minimum absolute atomic E-state index is 0.00967. The lowest BCUT2D eigenvalue weighted by Crippen LogP contribution is -2.49. The number of carbonyl (C=O) groups is 2. The van der Waals surface area contributed by atoms with E-state index in [9.17, 15) is 9.59 Å². The molecule has 1 saturated carbocycles. The second-order valence-electron chi connectivity index (χ2n) is 5.84. The van der Waals surface area contributed by atoms with Crippen LogP contribution in [-0.2, 0) is 9.59 Å². The number of hydrogen-bond donors (Lipinski definition) is 2. The number of hydrogen-bond acceptors (Lipinski definition) is 3. The van der Waals surface area contributed by atoms with E-state index in [1.54, 1.807) is 0 Å². The van der Waals surface area contributed by atoms with Crippen LogP contribution < -0.4 is 11.1 Å². The molecule has 19 heavy (non-hydrogen) atoms. The zero-order chi connectivity index (χ0) is 14.0. The maximum atomic E-state index is 12.4. The van der Waals surface area contributed by atoms with Crippen molar-refractivity contribution in [2.45, 2.75) is 58.0 Å². The van der Waals surface area contributed by atoms with E-state index >= 15 is 0 Å². The Balaban J connectivity index is 1.94. The molecular weight excluding hydrogens is 242 g/mol. The molecule has 108 valence electrons. The van der Waals surface area contributed by atoms with Crippen molar-refractivity contribution in [1.29, 1.82) is 0 Å². The summed E-state index contributed by atoms with van der Waals surface area (Å²) in [4.78, 5) is 26.2. The summed E-state index contributed by atoms with van der Waals surface area (Å²) in [6.45, 7) is 5.01. The number of nitrogens with two attached hydrogens (primary N) is 1. The first-order valence-electron chi connectivity index (χ1n) is 7.36. The van der Waals surface area contributed by atoms with Crippen LogP contribution >= 0.6 is 0 Å². The lowest BCUT2D eigenvalue weighted by atomic mass is 9.81. The molecule has 0 aromatic heterocycles. The molecule has 5 nitrogen and oxygen atoms in total. The number of likely N-dealkylation sites (tertiary alicyclic amines) is 1. The minimum atomic E-state index is -0.476. The van der Waals surface area contributed by atoms with E-state index in [0.717, 1.165) is 25.7 Å². The van der Waals surface area contributed by atoms with Crippen LogP contribution in [0.5, 0.6) is 0 Å². The van der Waals surface area contributed by atoms with Gasteiger partial charge in [0, 0.05) is 25.6 Å². The van der Waals surface area contributed by atoms with Crippen molar-refractivity contribution in [2.75, 3.05) is 13.1 Å². The summed E-state index contributed by atoms with van der Waals surface area (Å²) in [5.41, 5.74) is 5.30. The van der Waals surface area contributed by atoms with E-state index in [0.29, 0.717) is 25.6 Å². The molecule has 1 heterocycles. The Kier molecular flexibility index (Phi) is 4.13. The number of rotatable bonds is 6. The van der Waals surface area contributed by atoms with Gasteiger partial charge in [-0.3, -0.25) is 9.59 Å². The van der Waals surface area contributed by atoms with Crippen LogP contribution in [0.4, 0.5) is 0 Å². The average molecular weight is 267 g/mol. The van der Waals surface area contributed by atoms with Gasteiger partial charge in [-0.05, 0) is 25.7 Å². The molecule has 5 heteroatoms. The fourth-order valence-corrected chi connectivity index (χ4v) is 2.86. The quantitative estimate of drug-likeness (QED) is 0.741. The zero-order valence-electron chi connectivity index (χ0n) is 11.9. The Bertz CT molecular complexity index is 353. The predicted octanol–water partition coefficient (Wildman–Crippen LogP) is 0.631. The molecule has 1 atom stereocenters. The first-order valence-corrected chi connectivity index (χ1v) is 7.36. The third kappa shape index (κ3) is 2.76. The molecule has 2 aliphatic rings. The summed E-state index contributed by atoms with van der Waals surface area (Å²) in [5.74, 6) is 0.189. The van der Waals surface area contributed by atoms with Crippen LogP contribution in [0.3, 0.4) is 0 Å². The van der Waals surface area contributed by atoms with Gasteiger partial charge < -0.3 is 16.0 Å². The van der Waals surface area contributed by atoms with Crippen LogP contribution in [0.2, 0.25) is 0 Å². The van der Waals surface area contributed by atoms with Gasteiger partial charge in [-0.2, -0.15) is 0 Å². The highest BCUT2D eigenvalue weighted by Gasteiger charge is 2.41. The van der Waals surface area contributed by atoms with Gasteiger partial charge in [-0.1, -0.05) is 13.8 Å². The van der Waals surface area contributed by atoms with E-state index in [-0.39, 0.29) is 17.9 Å². The summed E-state index contributed by atoms with van der Waals surface area (Å²) >= 11 is 0. The van der Waals surface area contributed by atoms with Crippen LogP contribution in [0.15, 0.2) is 0 Å². The fourth-order valence-electron chi connectivity index (χ4n) is 2.86. The normalized spacial score (nSPS) is 23.8. The number of nitrogens with one attached hydrogen (secondary N) is 1. The Labute approximate surface area is 114 Å². The molecule has 1 unspecified atom stereocenters. The summed E-state index contributed by atoms with van der Waals surface area (Å²) in [6, 6.07) is 0.399. The second-order valence-corrected chi connectivity index (χ2v) is 5.84. The van der Waals surface area contributed by atoms with Crippen molar-refractivity contribution in [3.8, 4) is 0 Å². The number of carbonyl (C=O) groups excluding carboxylic acids is 2. The molecule has 2 rings (SSSR count). The maximum absolute atomic E-state index is 12.4. The monoisotopic (exact) mass is 267 g/mol. The first kappa shape index (κ1) is 14.3. The average Bonchev–Trinajstić information content (AvgIpc) is 3.17. The highest BCUT2D eigenvalue weighted by molar-refractivity contribution is 5.85. The van der Waals surface area contributed by atoms with E-state index in [2.05, 4.69) is 5.32 Å². The highest BCUT2D eigenvalue weighted by atomic mass is 16.2. The van der Waals surface area contributed by atoms with E-state index in [1.165, 1.54) is 0 Å². The molecule has 1 saturated heterocycles. The van der Waals surface area contributed by atoms with Crippen molar-refractivity contribution in [1.82, 2.24) is 10.2 Å². The van der Waals surface area contributed by atoms with Gasteiger partial charge in [0.2, 0.25) is 11.8 Å². The van der Waals surface area contributed by atoms with E-state index < -0.39 is 5.41 Å². The smallest absolute Gasteiger partial charge is 0.227 e. The molecule has 2 amide bonds. The molecule has 2 fully saturated rings. The predicted molar refractivity (Wildman–Crippen MR) is 73.4 cm³/mol. The minimum Gasteiger partial charge on any atom is -0.351 e. The molecule has 0 spiro atoms. The van der Waals surface area contributed by atoms with Crippen LogP contribution in [0.25, 0.3) is 0 Å². The molecule has 1 aliphatic heterocycles. The molecule has 0 aromatic carbocycles. The topological polar surface area (TPSA) is 75.4 Å². The van der Waals surface area contributed by atoms with Crippen molar-refractivity contribution in [2.24, 2.45) is 11.1 Å². The van der Waals surface area contributed by atoms with Gasteiger partial charge in [0.25, 0.3) is 0 Å². The molecule has 0 bridgehead atoms. The number of nitrogens with zero attached hydrogens (tertiary/aromatic N) is 1. The van der Waals surface area contributed by atoms with E-state index in [1.807, 2.05) is 18.7 Å². The molecule has 1 aliphatic carbocycles. The SMILES string of the molecule is CCC(CC)(CN)C(=O)NC1CC(=O)N(C2CC2)C1. The Morgan fingerprint density at radius 2 is 2.05 bits per heavy atom. The van der Waals surface area contributed by atoms with Crippen molar-refractivity contribution >= 4 is 11.8 Å². The Morgan fingerprint density at radius 1 is 1.42 bits per heavy atom. The van der Waals surface area contributed by atoms with Gasteiger partial charge in [-0.15, -0.1) is 0 Å². The second kappa shape index (κ2) is 5.49. The Hall–Kier alpha value is -1.10. The molecule has 0 aromatic rings. The van der Waals surface area contributed by atoms with Crippen LogP contribution in [0, 0.1) is 5.41 Å². The van der Waals surface area contributed by atoms with Crippen LogP contribution in [0.1, 0.15) is 46.0 Å². The number of amides is 2. The fraction of sp³-hybridized carbons (Fsp3) is 0.857. The first-order chi connectivity index (χ1) is 9.06. The maximum Gasteiger partial charge on any atom is 0.227 e. The molecule has 3 N–H and O–H groups in total. The van der Waals surface area contributed by atoms with Gasteiger partial charge in [0.1, 0.15) is 0 Å². The highest BCUT2D eigenvalue weighted by Crippen LogP contribution is 2.31. The zero-order valence-corrected chi connectivity index (χ0v) is 11.9. The summed E-state index contributed by atoms with van der Waals surface area (Å²) in [5, 5.41) is 3.03. The third-order valence-corrected chi connectivity index (χ3v) is 4.71. The lowest BCUT2D eigenvalue weighted by molar-refractivity contribution is -0.131. The molecule has 0 radical (unpaired) electrons. The Morgan fingerprint density at radius 3 is 2.53 bits per heavy atom. The molecular formula is C14H25N3O2.